The zero-order chi connectivity index (χ0) is 14.5. The van der Waals surface area contributed by atoms with Gasteiger partial charge in [0.1, 0.15) is 6.10 Å². The Labute approximate surface area is 120 Å². The van der Waals surface area contributed by atoms with Crippen molar-refractivity contribution in [1.82, 2.24) is 5.32 Å². The first-order valence-corrected chi connectivity index (χ1v) is 7.37. The molecule has 20 heavy (non-hydrogen) atoms. The summed E-state index contributed by atoms with van der Waals surface area (Å²) in [6, 6.07) is 8.25. The summed E-state index contributed by atoms with van der Waals surface area (Å²) in [5.74, 6) is 0.252. The fraction of sp³-hybridized carbons (Fsp3) is 0.562. The lowest BCUT2D eigenvalue weighted by Gasteiger charge is -2.17. The molecule has 3 atom stereocenters. The molecule has 110 valence electrons. The van der Waals surface area contributed by atoms with Crippen LogP contribution < -0.4 is 10.6 Å². The second kappa shape index (κ2) is 6.86. The predicted molar refractivity (Wildman–Crippen MR) is 80.7 cm³/mol. The van der Waals surface area contributed by atoms with Crippen molar-refractivity contribution in [2.45, 2.75) is 39.3 Å². The van der Waals surface area contributed by atoms with Crippen molar-refractivity contribution in [2.75, 3.05) is 18.5 Å². The van der Waals surface area contributed by atoms with Gasteiger partial charge in [-0.05, 0) is 43.5 Å². The molecule has 0 saturated carbocycles. The van der Waals surface area contributed by atoms with Gasteiger partial charge >= 0.3 is 0 Å². The molecule has 4 nitrogen and oxygen atoms in total. The predicted octanol–water partition coefficient (Wildman–Crippen LogP) is 2.72. The lowest BCUT2D eigenvalue weighted by Crippen LogP contribution is -2.31. The summed E-state index contributed by atoms with van der Waals surface area (Å²) in [6.07, 6.45) is 0.639. The van der Waals surface area contributed by atoms with Gasteiger partial charge in [-0.2, -0.15) is 0 Å². The first-order valence-electron chi connectivity index (χ1n) is 7.37. The van der Waals surface area contributed by atoms with Crippen LogP contribution in [0.3, 0.4) is 0 Å². The summed E-state index contributed by atoms with van der Waals surface area (Å²) in [6.45, 7) is 7.86. The van der Waals surface area contributed by atoms with E-state index < -0.39 is 0 Å². The molecule has 1 aliphatic heterocycles. The molecule has 1 amide bonds. The third kappa shape index (κ3) is 3.58. The average Bonchev–Trinajstić information content (AvgIpc) is 2.85. The molecule has 1 aromatic rings. The third-order valence-electron chi connectivity index (χ3n) is 3.81. The van der Waals surface area contributed by atoms with E-state index >= 15 is 0 Å². The van der Waals surface area contributed by atoms with E-state index in [2.05, 4.69) is 37.5 Å². The lowest BCUT2D eigenvalue weighted by molar-refractivity contribution is -0.126. The van der Waals surface area contributed by atoms with Gasteiger partial charge in [-0.1, -0.05) is 26.0 Å². The summed E-state index contributed by atoms with van der Waals surface area (Å²) in [5.41, 5.74) is 2.00. The highest BCUT2D eigenvalue weighted by atomic mass is 16.5. The molecule has 1 fully saturated rings. The molecule has 1 aliphatic rings. The smallest absolute Gasteiger partial charge is 0.253 e. The van der Waals surface area contributed by atoms with Gasteiger partial charge < -0.3 is 15.4 Å². The standard InChI is InChI=1S/C16H24N2O2/c1-4-17-12(3)13-6-5-7-14(10-13)18-16(19)15-11(2)8-9-20-15/h5-7,10-12,15,17H,4,8-9H2,1-3H3,(H,18,19). The number of nitrogens with one attached hydrogen (secondary N) is 2. The highest BCUT2D eigenvalue weighted by Gasteiger charge is 2.30. The molecule has 3 unspecified atom stereocenters. The molecule has 4 heteroatoms. The lowest BCUT2D eigenvalue weighted by atomic mass is 10.0. The second-order valence-electron chi connectivity index (χ2n) is 5.45. The van der Waals surface area contributed by atoms with Crippen LogP contribution in [0.5, 0.6) is 0 Å². The molecule has 0 aliphatic carbocycles. The maximum atomic E-state index is 12.2. The van der Waals surface area contributed by atoms with E-state index in [-0.39, 0.29) is 18.1 Å². The van der Waals surface area contributed by atoms with Crippen LogP contribution in [-0.2, 0) is 9.53 Å². The highest BCUT2D eigenvalue weighted by Crippen LogP contribution is 2.22. The molecule has 1 saturated heterocycles. The van der Waals surface area contributed by atoms with Gasteiger partial charge in [0.15, 0.2) is 0 Å². The Bertz CT molecular complexity index is 462. The van der Waals surface area contributed by atoms with E-state index in [1.807, 2.05) is 18.2 Å². The maximum Gasteiger partial charge on any atom is 0.253 e. The Balaban J connectivity index is 2.02. The number of anilines is 1. The first-order chi connectivity index (χ1) is 9.61. The Morgan fingerprint density at radius 3 is 2.95 bits per heavy atom. The molecule has 0 radical (unpaired) electrons. The summed E-state index contributed by atoms with van der Waals surface area (Å²) in [4.78, 5) is 12.2. The number of carbonyl (C=O) groups is 1. The van der Waals surface area contributed by atoms with Gasteiger partial charge in [0.25, 0.3) is 5.91 Å². The number of amides is 1. The van der Waals surface area contributed by atoms with E-state index in [9.17, 15) is 4.79 Å². The van der Waals surface area contributed by atoms with Crippen LogP contribution in [0.4, 0.5) is 5.69 Å². The Morgan fingerprint density at radius 2 is 2.30 bits per heavy atom. The van der Waals surface area contributed by atoms with Crippen LogP contribution in [0.15, 0.2) is 24.3 Å². The van der Waals surface area contributed by atoms with Gasteiger partial charge in [-0.25, -0.2) is 0 Å². The quantitative estimate of drug-likeness (QED) is 0.869. The van der Waals surface area contributed by atoms with Crippen LogP contribution in [0.1, 0.15) is 38.8 Å². The molecule has 0 aromatic heterocycles. The average molecular weight is 276 g/mol. The van der Waals surface area contributed by atoms with Crippen molar-refractivity contribution >= 4 is 11.6 Å². The molecule has 0 spiro atoms. The Morgan fingerprint density at radius 1 is 1.50 bits per heavy atom. The van der Waals surface area contributed by atoms with Crippen LogP contribution >= 0.6 is 0 Å². The van der Waals surface area contributed by atoms with Crippen molar-refractivity contribution < 1.29 is 9.53 Å². The van der Waals surface area contributed by atoms with E-state index in [1.54, 1.807) is 0 Å². The zero-order valence-electron chi connectivity index (χ0n) is 12.5. The Kier molecular flexibility index (Phi) is 5.15. The van der Waals surface area contributed by atoms with E-state index in [0.717, 1.165) is 18.7 Å². The summed E-state index contributed by atoms with van der Waals surface area (Å²) in [5, 5.41) is 6.33. The van der Waals surface area contributed by atoms with Crippen molar-refractivity contribution in [1.29, 1.82) is 0 Å². The normalized spacial score (nSPS) is 23.6. The van der Waals surface area contributed by atoms with Crippen molar-refractivity contribution in [3.8, 4) is 0 Å². The molecule has 2 rings (SSSR count). The fourth-order valence-corrected chi connectivity index (χ4v) is 2.55. The monoisotopic (exact) mass is 276 g/mol. The summed E-state index contributed by atoms with van der Waals surface area (Å²) >= 11 is 0. The minimum absolute atomic E-state index is 0.0387. The molecular formula is C16H24N2O2. The fourth-order valence-electron chi connectivity index (χ4n) is 2.55. The van der Waals surface area contributed by atoms with Crippen LogP contribution in [0.25, 0.3) is 0 Å². The Hall–Kier alpha value is -1.39. The van der Waals surface area contributed by atoms with Gasteiger partial charge in [-0.3, -0.25) is 4.79 Å². The van der Waals surface area contributed by atoms with Crippen molar-refractivity contribution in [2.24, 2.45) is 5.92 Å². The summed E-state index contributed by atoms with van der Waals surface area (Å²) < 4.78 is 5.49. The third-order valence-corrected chi connectivity index (χ3v) is 3.81. The maximum absolute atomic E-state index is 12.2. The second-order valence-corrected chi connectivity index (χ2v) is 5.45. The van der Waals surface area contributed by atoms with Gasteiger partial charge in [0.05, 0.1) is 0 Å². The summed E-state index contributed by atoms with van der Waals surface area (Å²) in [7, 11) is 0. The van der Waals surface area contributed by atoms with Crippen molar-refractivity contribution in [3.05, 3.63) is 29.8 Å². The van der Waals surface area contributed by atoms with E-state index in [4.69, 9.17) is 4.74 Å². The zero-order valence-corrected chi connectivity index (χ0v) is 12.5. The van der Waals surface area contributed by atoms with E-state index in [1.165, 1.54) is 5.56 Å². The minimum Gasteiger partial charge on any atom is -0.368 e. The van der Waals surface area contributed by atoms with E-state index in [0.29, 0.717) is 12.5 Å². The SMILES string of the molecule is CCNC(C)c1cccc(NC(=O)C2OCCC2C)c1. The largest absolute Gasteiger partial charge is 0.368 e. The van der Waals surface area contributed by atoms with Crippen LogP contribution in [0, 0.1) is 5.92 Å². The topological polar surface area (TPSA) is 50.4 Å². The molecule has 2 N–H and O–H groups in total. The number of ether oxygens (including phenoxy) is 1. The molecule has 0 bridgehead atoms. The van der Waals surface area contributed by atoms with Gasteiger partial charge in [0, 0.05) is 18.3 Å². The number of hydrogen-bond acceptors (Lipinski definition) is 3. The molecule has 1 heterocycles. The molecule has 1 aromatic carbocycles. The minimum atomic E-state index is -0.315. The number of benzene rings is 1. The van der Waals surface area contributed by atoms with Crippen LogP contribution in [0.2, 0.25) is 0 Å². The van der Waals surface area contributed by atoms with Gasteiger partial charge in [-0.15, -0.1) is 0 Å². The molecular weight excluding hydrogens is 252 g/mol. The number of rotatable bonds is 5. The van der Waals surface area contributed by atoms with Crippen molar-refractivity contribution in [3.63, 3.8) is 0 Å². The first kappa shape index (κ1) is 15.0. The number of hydrogen-bond donors (Lipinski definition) is 2. The number of carbonyl (C=O) groups excluding carboxylic acids is 1. The van der Waals surface area contributed by atoms with Gasteiger partial charge in [0.2, 0.25) is 0 Å². The highest BCUT2D eigenvalue weighted by molar-refractivity contribution is 5.94. The van der Waals surface area contributed by atoms with Crippen LogP contribution in [-0.4, -0.2) is 25.2 Å².